The van der Waals surface area contributed by atoms with Crippen LogP contribution in [0.4, 0.5) is 26.3 Å². The van der Waals surface area contributed by atoms with E-state index in [9.17, 15) is 39.6 Å². The quantitative estimate of drug-likeness (QED) is 0.490. The second-order valence-electron chi connectivity index (χ2n) is 1.73. The predicted octanol–water partition coefficient (Wildman–Crippen LogP) is 0.462. The van der Waals surface area contributed by atoms with Crippen LogP contribution in [0.2, 0.25) is 0 Å². The fourth-order valence-electron chi connectivity index (χ4n) is 0.146. The molecule has 0 aliphatic heterocycles. The molecule has 15 heavy (non-hydrogen) atoms. The number of hydrogen-bond donors (Lipinski definition) is 2. The van der Waals surface area contributed by atoms with E-state index in [-0.39, 0.29) is 0 Å². The van der Waals surface area contributed by atoms with Crippen LogP contribution in [0.5, 0.6) is 0 Å². The summed E-state index contributed by atoms with van der Waals surface area (Å²) in [7, 11) is -5.62. The summed E-state index contributed by atoms with van der Waals surface area (Å²) in [5, 5.41) is 3.37. The van der Waals surface area contributed by atoms with Crippen molar-refractivity contribution >= 4 is 15.2 Å². The molecular formula is C3H2F6O5S. The maximum absolute atomic E-state index is 11.1. The lowest BCUT2D eigenvalue weighted by atomic mass is 10.8. The topological polar surface area (TPSA) is 91.7 Å². The van der Waals surface area contributed by atoms with E-state index in [0.29, 0.717) is 0 Å². The normalized spacial score (nSPS) is 12.8. The summed E-state index contributed by atoms with van der Waals surface area (Å²) < 4.78 is 89.4. The minimum Gasteiger partial charge on any atom is -0.308 e. The van der Waals surface area contributed by atoms with E-state index in [4.69, 9.17) is 9.66 Å². The molecule has 0 aromatic heterocycles. The maximum atomic E-state index is 11.1. The molecule has 0 aliphatic rings. The van der Waals surface area contributed by atoms with Crippen molar-refractivity contribution < 1.29 is 49.2 Å². The molecule has 0 bridgehead atoms. The molecule has 0 aromatic rings. The van der Waals surface area contributed by atoms with Crippen LogP contribution in [0.1, 0.15) is 0 Å². The van der Waals surface area contributed by atoms with Gasteiger partial charge in [-0.1, -0.05) is 0 Å². The molecule has 0 unspecified atom stereocenters. The largest absolute Gasteiger partial charge is 0.519 e. The van der Waals surface area contributed by atoms with E-state index in [0.717, 1.165) is 0 Å². The van der Waals surface area contributed by atoms with Crippen LogP contribution in [0.15, 0.2) is 0 Å². The lowest BCUT2D eigenvalue weighted by Crippen LogP contribution is -2.30. The number of carbonyl (C=O) groups excluding carboxylic acids is 1. The zero-order chi connectivity index (χ0) is 13.1. The van der Waals surface area contributed by atoms with Gasteiger partial charge in [0.05, 0.1) is 0 Å². The predicted molar refractivity (Wildman–Crippen MR) is 30.9 cm³/mol. The molecule has 0 amide bonds. The number of rotatable bonds is 0. The standard InChI is InChI=1S/C2HF3O4S.CHF3O/c3-2(4,5)1(6)10(7,8)9;2-1(3,4)5/h(H,7,8,9);5H. The molecule has 0 saturated heterocycles. The van der Waals surface area contributed by atoms with Gasteiger partial charge in [-0.3, -0.25) is 9.35 Å². The highest BCUT2D eigenvalue weighted by atomic mass is 32.2. The van der Waals surface area contributed by atoms with Crippen LogP contribution in [-0.4, -0.2) is 35.7 Å². The van der Waals surface area contributed by atoms with Crippen molar-refractivity contribution in [1.29, 1.82) is 0 Å². The van der Waals surface area contributed by atoms with Crippen molar-refractivity contribution in [3.8, 4) is 0 Å². The first kappa shape index (κ1) is 16.5. The first-order valence-electron chi connectivity index (χ1n) is 2.53. The van der Waals surface area contributed by atoms with Gasteiger partial charge in [0.1, 0.15) is 0 Å². The fourth-order valence-corrected chi connectivity index (χ4v) is 0.439. The third kappa shape index (κ3) is 13.1. The minimum atomic E-state index is -5.62. The fraction of sp³-hybridized carbons (Fsp3) is 0.667. The Morgan fingerprint density at radius 3 is 1.20 bits per heavy atom. The van der Waals surface area contributed by atoms with Crippen molar-refractivity contribution in [2.75, 3.05) is 0 Å². The zero-order valence-corrected chi connectivity index (χ0v) is 7.11. The molecule has 0 radical (unpaired) electrons. The summed E-state index contributed by atoms with van der Waals surface area (Å²) in [4.78, 5) is 9.52. The second kappa shape index (κ2) is 4.76. The lowest BCUT2D eigenvalue weighted by Gasteiger charge is -1.99. The molecule has 5 nitrogen and oxygen atoms in total. The smallest absolute Gasteiger partial charge is 0.308 e. The number of carbonyl (C=O) groups is 1. The van der Waals surface area contributed by atoms with Crippen molar-refractivity contribution in [1.82, 2.24) is 0 Å². The lowest BCUT2D eigenvalue weighted by molar-refractivity contribution is -0.295. The van der Waals surface area contributed by atoms with Crippen molar-refractivity contribution in [3.05, 3.63) is 0 Å². The molecule has 0 saturated carbocycles. The zero-order valence-electron chi connectivity index (χ0n) is 6.30. The molecule has 0 spiro atoms. The van der Waals surface area contributed by atoms with Crippen molar-refractivity contribution in [2.45, 2.75) is 12.5 Å². The Hall–Kier alpha value is -0.880. The van der Waals surface area contributed by atoms with Gasteiger partial charge in [-0.2, -0.15) is 21.6 Å². The van der Waals surface area contributed by atoms with Gasteiger partial charge >= 0.3 is 27.8 Å². The Morgan fingerprint density at radius 1 is 1.00 bits per heavy atom. The molecule has 0 rings (SSSR count). The number of hydrogen-bond acceptors (Lipinski definition) is 4. The molecule has 0 fully saturated rings. The Labute approximate surface area is 78.1 Å². The summed E-state index contributed by atoms with van der Waals surface area (Å²) in [5.41, 5.74) is 0. The van der Waals surface area contributed by atoms with Gasteiger partial charge in [0, 0.05) is 0 Å². The summed E-state index contributed by atoms with van der Waals surface area (Å²) in [6.45, 7) is 0. The SMILES string of the molecule is O=C(C(F)(F)F)S(=O)(=O)O.OC(F)(F)F. The van der Waals surface area contributed by atoms with Crippen LogP contribution < -0.4 is 0 Å². The molecule has 0 aromatic carbocycles. The van der Waals surface area contributed by atoms with E-state index in [1.807, 2.05) is 0 Å². The van der Waals surface area contributed by atoms with E-state index in [2.05, 4.69) is 0 Å². The number of alkyl halides is 6. The summed E-state index contributed by atoms with van der Waals surface area (Å²) in [6.07, 6.45) is -10.5. The van der Waals surface area contributed by atoms with Crippen molar-refractivity contribution in [3.63, 3.8) is 0 Å². The number of halogens is 6. The molecule has 2 N–H and O–H groups in total. The van der Waals surface area contributed by atoms with Crippen molar-refractivity contribution in [2.24, 2.45) is 0 Å². The highest BCUT2D eigenvalue weighted by Gasteiger charge is 2.46. The summed E-state index contributed by atoms with van der Waals surface area (Å²) in [6, 6.07) is 0. The Bertz CT molecular complexity index is 305. The third-order valence-electron chi connectivity index (χ3n) is 0.466. The van der Waals surface area contributed by atoms with Gasteiger partial charge in [-0.15, -0.1) is 13.2 Å². The Balaban J connectivity index is 0. The van der Waals surface area contributed by atoms with Gasteiger partial charge in [-0.05, 0) is 0 Å². The first-order valence-corrected chi connectivity index (χ1v) is 3.97. The second-order valence-corrected chi connectivity index (χ2v) is 3.05. The molecule has 0 atom stereocenters. The van der Waals surface area contributed by atoms with Gasteiger partial charge in [0.15, 0.2) is 0 Å². The van der Waals surface area contributed by atoms with Gasteiger partial charge < -0.3 is 5.11 Å². The molecular weight excluding hydrogens is 262 g/mol. The van der Waals surface area contributed by atoms with Crippen LogP contribution in [0.25, 0.3) is 0 Å². The van der Waals surface area contributed by atoms with Gasteiger partial charge in [-0.25, -0.2) is 0 Å². The van der Waals surface area contributed by atoms with E-state index in [1.54, 1.807) is 0 Å². The molecule has 12 heteroatoms. The number of aliphatic hydroxyl groups is 1. The van der Waals surface area contributed by atoms with Crippen LogP contribution >= 0.6 is 0 Å². The van der Waals surface area contributed by atoms with Gasteiger partial charge in [0.2, 0.25) is 0 Å². The van der Waals surface area contributed by atoms with Crippen LogP contribution in [0.3, 0.4) is 0 Å². The highest BCUT2D eigenvalue weighted by molar-refractivity contribution is 8.01. The molecule has 92 valence electrons. The third-order valence-corrected chi connectivity index (χ3v) is 1.17. The minimum absolute atomic E-state index is 3.15. The van der Waals surface area contributed by atoms with E-state index in [1.165, 1.54) is 0 Å². The Kier molecular flexibility index (Phi) is 5.25. The summed E-state index contributed by atoms with van der Waals surface area (Å²) >= 11 is 0. The summed E-state index contributed by atoms with van der Waals surface area (Å²) in [5.74, 6) is 0. The molecule has 0 aliphatic carbocycles. The highest BCUT2D eigenvalue weighted by Crippen LogP contribution is 2.18. The monoisotopic (exact) mass is 264 g/mol. The first-order chi connectivity index (χ1) is 6.15. The van der Waals surface area contributed by atoms with Crippen LogP contribution in [0, 0.1) is 0 Å². The maximum Gasteiger partial charge on any atom is 0.519 e. The van der Waals surface area contributed by atoms with Gasteiger partial charge in [0.25, 0.3) is 0 Å². The average molecular weight is 264 g/mol. The molecule has 0 heterocycles. The Morgan fingerprint density at radius 2 is 1.20 bits per heavy atom. The van der Waals surface area contributed by atoms with Crippen LogP contribution in [-0.2, 0) is 14.9 Å². The van der Waals surface area contributed by atoms with E-state index >= 15 is 0 Å². The van der Waals surface area contributed by atoms with E-state index < -0.39 is 27.8 Å². The average Bonchev–Trinajstić information content (AvgIpc) is 1.77.